The number of carbonyl (C=O) groups excluding carboxylic acids is 1. The van der Waals surface area contributed by atoms with E-state index in [1.807, 2.05) is 20.8 Å². The number of hydrazine groups is 1. The molecule has 0 radical (unpaired) electrons. The molecule has 0 aromatic heterocycles. The van der Waals surface area contributed by atoms with Crippen molar-refractivity contribution < 1.29 is 9.53 Å². The molecule has 1 heterocycles. The first-order valence-electron chi connectivity index (χ1n) is 4.90. The van der Waals surface area contributed by atoms with Gasteiger partial charge in [0.25, 0.3) is 0 Å². The number of halogens is 1. The van der Waals surface area contributed by atoms with Crippen LogP contribution in [-0.2, 0) is 4.74 Å². The van der Waals surface area contributed by atoms with Crippen LogP contribution in [0.4, 0.5) is 4.79 Å². The molecule has 1 aliphatic heterocycles. The predicted octanol–water partition coefficient (Wildman–Crippen LogP) is 0.893. The van der Waals surface area contributed by atoms with E-state index >= 15 is 0 Å². The van der Waals surface area contributed by atoms with Gasteiger partial charge >= 0.3 is 6.09 Å². The van der Waals surface area contributed by atoms with Crippen molar-refractivity contribution in [3.63, 3.8) is 0 Å². The smallest absolute Gasteiger partial charge is 0.416 e. The molecule has 4 N–H and O–H groups in total. The minimum atomic E-state index is -0.536. The Balaban J connectivity index is 2.82. The van der Waals surface area contributed by atoms with Crippen molar-refractivity contribution >= 4 is 22.0 Å². The molecule has 0 aliphatic carbocycles. The van der Waals surface area contributed by atoms with Crippen molar-refractivity contribution in [3.8, 4) is 0 Å². The average Bonchev–Trinajstić information content (AvgIpc) is 2.43. The van der Waals surface area contributed by atoms with Crippen LogP contribution in [0.1, 0.15) is 20.8 Å². The summed E-state index contributed by atoms with van der Waals surface area (Å²) in [6.45, 7) is 6.42. The lowest BCUT2D eigenvalue weighted by molar-refractivity contribution is 0.0329. The van der Waals surface area contributed by atoms with Crippen LogP contribution in [0.5, 0.6) is 0 Å². The lowest BCUT2D eigenvalue weighted by atomic mass is 10.2. The van der Waals surface area contributed by atoms with E-state index in [2.05, 4.69) is 15.9 Å². The van der Waals surface area contributed by atoms with E-state index in [0.717, 1.165) is 0 Å². The van der Waals surface area contributed by atoms with Crippen molar-refractivity contribution in [2.75, 3.05) is 13.1 Å². The van der Waals surface area contributed by atoms with Crippen LogP contribution in [0.15, 0.2) is 10.4 Å². The summed E-state index contributed by atoms with van der Waals surface area (Å²) >= 11 is 3.12. The van der Waals surface area contributed by atoms with Crippen molar-refractivity contribution in [3.05, 3.63) is 10.4 Å². The molecule has 1 amide bonds. The van der Waals surface area contributed by atoms with Crippen molar-refractivity contribution in [2.24, 2.45) is 11.6 Å². The van der Waals surface area contributed by atoms with Gasteiger partial charge in [0, 0.05) is 6.54 Å². The molecule has 0 bridgehead atoms. The molecule has 0 saturated carbocycles. The van der Waals surface area contributed by atoms with Crippen LogP contribution in [0.25, 0.3) is 0 Å². The second-order valence-corrected chi connectivity index (χ2v) is 5.35. The van der Waals surface area contributed by atoms with E-state index in [-0.39, 0.29) is 0 Å². The lowest BCUT2D eigenvalue weighted by Gasteiger charge is -2.25. The van der Waals surface area contributed by atoms with Crippen LogP contribution in [0.2, 0.25) is 0 Å². The summed E-state index contributed by atoms with van der Waals surface area (Å²) in [5.41, 5.74) is 5.07. The summed E-state index contributed by atoms with van der Waals surface area (Å²) in [5.74, 6) is 6.13. The van der Waals surface area contributed by atoms with Gasteiger partial charge in [-0.1, -0.05) is 0 Å². The zero-order chi connectivity index (χ0) is 12.5. The summed E-state index contributed by atoms with van der Waals surface area (Å²) in [4.78, 5) is 13.2. The molecule has 1 aliphatic rings. The molecule has 0 aromatic carbocycles. The van der Waals surface area contributed by atoms with Gasteiger partial charge in [0.15, 0.2) is 5.82 Å². The highest BCUT2D eigenvalue weighted by Gasteiger charge is 2.33. The monoisotopic (exact) mass is 292 g/mol. The summed E-state index contributed by atoms with van der Waals surface area (Å²) in [6.07, 6.45) is -0.446. The van der Waals surface area contributed by atoms with Crippen molar-refractivity contribution in [2.45, 2.75) is 26.4 Å². The van der Waals surface area contributed by atoms with Crippen LogP contribution in [0, 0.1) is 0 Å². The van der Waals surface area contributed by atoms with Crippen molar-refractivity contribution in [1.29, 1.82) is 0 Å². The molecule has 1 saturated heterocycles. The molecular weight excluding hydrogens is 276 g/mol. The third kappa shape index (κ3) is 3.02. The molecule has 0 unspecified atom stereocenters. The van der Waals surface area contributed by atoms with E-state index < -0.39 is 11.7 Å². The van der Waals surface area contributed by atoms with Gasteiger partial charge in [-0.05, 0) is 36.7 Å². The van der Waals surface area contributed by atoms with Gasteiger partial charge in [-0.2, -0.15) is 0 Å². The first kappa shape index (κ1) is 13.1. The molecule has 92 valence electrons. The molecule has 1 rings (SSSR count). The Kier molecular flexibility index (Phi) is 3.69. The van der Waals surface area contributed by atoms with E-state index in [9.17, 15) is 4.79 Å². The first-order valence-corrected chi connectivity index (χ1v) is 5.69. The highest BCUT2D eigenvalue weighted by Crippen LogP contribution is 2.22. The van der Waals surface area contributed by atoms with E-state index in [1.165, 1.54) is 9.91 Å². The maximum absolute atomic E-state index is 11.8. The molecule has 7 heteroatoms. The number of nitrogens with zero attached hydrogens (tertiary/aromatic N) is 2. The Labute approximate surface area is 103 Å². The number of hydrogen-bond acceptors (Lipinski definition) is 5. The summed E-state index contributed by atoms with van der Waals surface area (Å²) < 4.78 is 5.56. The van der Waals surface area contributed by atoms with Gasteiger partial charge < -0.3 is 10.5 Å². The number of carbonyl (C=O) groups is 1. The maximum Gasteiger partial charge on any atom is 0.416 e. The summed E-state index contributed by atoms with van der Waals surface area (Å²) in [5, 5.41) is 1.41. The fourth-order valence-electron chi connectivity index (χ4n) is 1.34. The number of amides is 1. The van der Waals surface area contributed by atoms with E-state index in [4.69, 9.17) is 16.3 Å². The zero-order valence-electron chi connectivity index (χ0n) is 9.66. The molecule has 16 heavy (non-hydrogen) atoms. The van der Waals surface area contributed by atoms with Crippen LogP contribution >= 0.6 is 15.9 Å². The Morgan fingerprint density at radius 3 is 2.44 bits per heavy atom. The van der Waals surface area contributed by atoms with E-state index in [1.54, 1.807) is 0 Å². The Morgan fingerprint density at radius 1 is 1.44 bits per heavy atom. The highest BCUT2D eigenvalue weighted by atomic mass is 79.9. The average molecular weight is 293 g/mol. The third-order valence-corrected chi connectivity index (χ3v) is 2.27. The fourth-order valence-corrected chi connectivity index (χ4v) is 1.78. The molecule has 0 aromatic rings. The molecule has 0 atom stereocenters. The minimum Gasteiger partial charge on any atom is -0.443 e. The number of hydrogen-bond donors (Lipinski definition) is 2. The topological polar surface area (TPSA) is 84.8 Å². The lowest BCUT2D eigenvalue weighted by Crippen LogP contribution is -2.37. The predicted molar refractivity (Wildman–Crippen MR) is 64.0 cm³/mol. The van der Waals surface area contributed by atoms with Crippen LogP contribution in [-0.4, -0.2) is 34.7 Å². The Hall–Kier alpha value is -0.950. The fraction of sp³-hybridized carbons (Fsp3) is 0.667. The SMILES string of the molecule is CC(C)(C)OC(=O)N1CCN(N)/C1=C(\N)Br. The summed E-state index contributed by atoms with van der Waals surface area (Å²) in [6, 6.07) is 0. The quantitative estimate of drug-likeness (QED) is 0.512. The highest BCUT2D eigenvalue weighted by molar-refractivity contribution is 9.11. The number of nitrogens with two attached hydrogens (primary N) is 2. The number of ether oxygens (including phenoxy) is 1. The van der Waals surface area contributed by atoms with Gasteiger partial charge in [0.2, 0.25) is 0 Å². The number of rotatable bonds is 0. The largest absolute Gasteiger partial charge is 0.443 e. The maximum atomic E-state index is 11.8. The third-order valence-electron chi connectivity index (χ3n) is 1.92. The van der Waals surface area contributed by atoms with Gasteiger partial charge in [-0.25, -0.2) is 10.6 Å². The van der Waals surface area contributed by atoms with Crippen LogP contribution in [0.3, 0.4) is 0 Å². The normalized spacial score (nSPS) is 20.1. The molecule has 1 fully saturated rings. The van der Waals surface area contributed by atoms with Crippen molar-refractivity contribution in [1.82, 2.24) is 9.91 Å². The summed E-state index contributed by atoms with van der Waals surface area (Å²) in [7, 11) is 0. The van der Waals surface area contributed by atoms with E-state index in [0.29, 0.717) is 23.5 Å². The molecule has 6 nitrogen and oxygen atoms in total. The molecule has 0 spiro atoms. The minimum absolute atomic E-state index is 0.318. The van der Waals surface area contributed by atoms with Crippen LogP contribution < -0.4 is 11.6 Å². The Morgan fingerprint density at radius 2 is 2.00 bits per heavy atom. The van der Waals surface area contributed by atoms with Gasteiger partial charge in [0.05, 0.1) is 6.54 Å². The Bertz CT molecular complexity index is 320. The second-order valence-electron chi connectivity index (χ2n) is 4.50. The second kappa shape index (κ2) is 4.50. The zero-order valence-corrected chi connectivity index (χ0v) is 11.2. The first-order chi connectivity index (χ1) is 7.22. The van der Waals surface area contributed by atoms with Gasteiger partial charge in [-0.15, -0.1) is 0 Å². The standard InChI is InChI=1S/C9H17BrN4O2/c1-9(2,3)16-8(15)13-4-5-14(12)7(13)6(10)11/h4-5,11-12H2,1-3H3/b7-6-. The molecular formula is C9H17BrN4O2. The van der Waals surface area contributed by atoms with Gasteiger partial charge in [-0.3, -0.25) is 9.91 Å². The van der Waals surface area contributed by atoms with Gasteiger partial charge in [0.1, 0.15) is 10.2 Å².